The summed E-state index contributed by atoms with van der Waals surface area (Å²) >= 11 is 0. The molecule has 21 heavy (non-hydrogen) atoms. The second-order valence-corrected chi connectivity index (χ2v) is 2.39. The van der Waals surface area contributed by atoms with Crippen molar-refractivity contribution in [1.82, 2.24) is 0 Å². The highest BCUT2D eigenvalue weighted by Gasteiger charge is 2.75. The Bertz CT molecular complexity index is 326. The van der Waals surface area contributed by atoms with Gasteiger partial charge in [-0.25, -0.2) is 0 Å². The molecule has 126 valence electrons. The van der Waals surface area contributed by atoms with Crippen molar-refractivity contribution in [2.45, 2.75) is 18.2 Å². The van der Waals surface area contributed by atoms with E-state index in [0.29, 0.717) is 0 Å². The van der Waals surface area contributed by atoms with E-state index < -0.39 is 30.4 Å². The third-order valence-electron chi connectivity index (χ3n) is 1.10. The Labute approximate surface area is 111 Å². The van der Waals surface area contributed by atoms with Gasteiger partial charge in [0.25, 0.3) is 0 Å². The number of halogens is 11. The van der Waals surface area contributed by atoms with E-state index in [9.17, 15) is 48.3 Å². The van der Waals surface area contributed by atoms with Gasteiger partial charge in [0, 0.05) is 0 Å². The summed E-state index contributed by atoms with van der Waals surface area (Å²) in [5.74, 6) is -6.24. The van der Waals surface area contributed by atoms with Crippen LogP contribution in [0.2, 0.25) is 0 Å². The fraction of sp³-hybridized carbons (Fsp3) is 0.333. The van der Waals surface area contributed by atoms with Gasteiger partial charge in [-0.15, -0.1) is 13.2 Å². The van der Waals surface area contributed by atoms with Gasteiger partial charge in [0.05, 0.1) is 6.26 Å². The maximum Gasteiger partial charge on any atom is 0.473 e. The van der Waals surface area contributed by atoms with Gasteiger partial charge in [0.1, 0.15) is 0 Å². The van der Waals surface area contributed by atoms with E-state index in [4.69, 9.17) is 0 Å². The van der Waals surface area contributed by atoms with E-state index >= 15 is 0 Å². The van der Waals surface area contributed by atoms with Crippen molar-refractivity contribution < 1.29 is 53.0 Å². The summed E-state index contributed by atoms with van der Waals surface area (Å²) in [6.07, 6.45) is -18.0. The molecule has 12 heteroatoms. The largest absolute Gasteiger partial charge is 0.473 e. The summed E-state index contributed by atoms with van der Waals surface area (Å²) < 4.78 is 125. The zero-order chi connectivity index (χ0) is 18.1. The summed E-state index contributed by atoms with van der Waals surface area (Å²) in [6.45, 7) is 8.44. The molecule has 0 aromatic carbocycles. The molecule has 0 bridgehead atoms. The van der Waals surface area contributed by atoms with Gasteiger partial charge in [-0.3, -0.25) is 0 Å². The molecule has 0 N–H and O–H groups in total. The minimum absolute atomic E-state index is 0.195. The molecule has 0 unspecified atom stereocenters. The lowest BCUT2D eigenvalue weighted by atomic mass is 10.3. The SMILES string of the molecule is C=C.C=COC(F)(F)C(F)(F)C(F)(F)F.FC(F)=C(F)F. The zero-order valence-corrected chi connectivity index (χ0v) is 9.76. The summed E-state index contributed by atoms with van der Waals surface area (Å²) in [5.41, 5.74) is 0. The fourth-order valence-electron chi connectivity index (χ4n) is 0.344. The summed E-state index contributed by atoms with van der Waals surface area (Å²) in [5, 5.41) is 0. The van der Waals surface area contributed by atoms with Gasteiger partial charge in [0.15, 0.2) is 0 Å². The maximum absolute atomic E-state index is 11.9. The molecule has 0 aliphatic heterocycles. The van der Waals surface area contributed by atoms with Crippen LogP contribution in [0.3, 0.4) is 0 Å². The number of alkyl halides is 7. The molecule has 1 nitrogen and oxygen atoms in total. The van der Waals surface area contributed by atoms with Crippen molar-refractivity contribution >= 4 is 0 Å². The smallest absolute Gasteiger partial charge is 0.436 e. The van der Waals surface area contributed by atoms with Crippen molar-refractivity contribution in [3.05, 3.63) is 38.2 Å². The molecule has 0 saturated carbocycles. The van der Waals surface area contributed by atoms with Crippen LogP contribution < -0.4 is 0 Å². The highest BCUT2D eigenvalue weighted by molar-refractivity contribution is 4.85. The molecule has 0 aliphatic carbocycles. The van der Waals surface area contributed by atoms with Gasteiger partial charge in [-0.05, 0) is 0 Å². The second kappa shape index (κ2) is 9.23. The van der Waals surface area contributed by atoms with E-state index in [1.807, 2.05) is 0 Å². The van der Waals surface area contributed by atoms with E-state index in [-0.39, 0.29) is 6.26 Å². The number of hydrogen-bond acceptors (Lipinski definition) is 1. The summed E-state index contributed by atoms with van der Waals surface area (Å²) in [7, 11) is 0. The van der Waals surface area contributed by atoms with E-state index in [2.05, 4.69) is 24.5 Å². The van der Waals surface area contributed by atoms with Crippen molar-refractivity contribution in [2.75, 3.05) is 0 Å². The first-order valence-electron chi connectivity index (χ1n) is 4.18. The number of ether oxygens (including phenoxy) is 1. The molecule has 0 amide bonds. The van der Waals surface area contributed by atoms with Crippen LogP contribution in [0.25, 0.3) is 0 Å². The van der Waals surface area contributed by atoms with E-state index in [0.717, 1.165) is 0 Å². The number of rotatable bonds is 3. The van der Waals surface area contributed by atoms with Crippen LogP contribution in [0.4, 0.5) is 48.3 Å². The molecule has 0 radical (unpaired) electrons. The predicted octanol–water partition coefficient (Wildman–Crippen LogP) is 5.73. The monoisotopic (exact) mass is 340 g/mol. The van der Waals surface area contributed by atoms with Gasteiger partial charge in [0.2, 0.25) is 0 Å². The molecular weight excluding hydrogens is 333 g/mol. The molecule has 0 spiro atoms. The first-order valence-corrected chi connectivity index (χ1v) is 4.18. The van der Waals surface area contributed by atoms with Gasteiger partial charge in [-0.2, -0.15) is 48.3 Å². The van der Waals surface area contributed by atoms with Crippen molar-refractivity contribution in [3.63, 3.8) is 0 Å². The minimum Gasteiger partial charge on any atom is -0.436 e. The topological polar surface area (TPSA) is 9.23 Å². The third kappa shape index (κ3) is 8.19. The van der Waals surface area contributed by atoms with Gasteiger partial charge < -0.3 is 4.74 Å². The Morgan fingerprint density at radius 1 is 0.762 bits per heavy atom. The minimum atomic E-state index is -6.38. The Kier molecular flexibility index (Phi) is 10.7. The zero-order valence-electron chi connectivity index (χ0n) is 9.76. The highest BCUT2D eigenvalue weighted by Crippen LogP contribution is 2.46. The van der Waals surface area contributed by atoms with Crippen molar-refractivity contribution in [2.24, 2.45) is 0 Å². The van der Waals surface area contributed by atoms with Crippen molar-refractivity contribution in [3.8, 4) is 0 Å². The normalized spacial score (nSPS) is 11.2. The lowest BCUT2D eigenvalue weighted by Gasteiger charge is -2.26. The third-order valence-corrected chi connectivity index (χ3v) is 1.10. The van der Waals surface area contributed by atoms with Crippen LogP contribution in [-0.4, -0.2) is 18.2 Å². The average Bonchev–Trinajstić information content (AvgIpc) is 2.30. The van der Waals surface area contributed by atoms with Crippen molar-refractivity contribution in [1.29, 1.82) is 0 Å². The van der Waals surface area contributed by atoms with E-state index in [1.165, 1.54) is 0 Å². The van der Waals surface area contributed by atoms with Crippen LogP contribution in [0, 0.1) is 0 Å². The molecule has 0 aliphatic rings. The molecule has 0 saturated heterocycles. The Balaban J connectivity index is -0.000000339. The van der Waals surface area contributed by atoms with Crippen LogP contribution >= 0.6 is 0 Å². The van der Waals surface area contributed by atoms with Crippen LogP contribution in [0.15, 0.2) is 38.2 Å². The van der Waals surface area contributed by atoms with Crippen LogP contribution in [0.1, 0.15) is 0 Å². The molecular formula is C9H7F11O. The fourth-order valence-corrected chi connectivity index (χ4v) is 0.344. The predicted molar refractivity (Wildman–Crippen MR) is 49.9 cm³/mol. The standard InChI is InChI=1S/C5H3F7O.C2F4.C2H4/c1-2-13-5(11,12)3(6,7)4(8,9)10;3-1(4)2(5)6;1-2/h2H,1H2;;1-2H2. The first kappa shape index (κ1) is 24.3. The lowest BCUT2D eigenvalue weighted by Crippen LogP contribution is -2.52. The quantitative estimate of drug-likeness (QED) is 0.362. The lowest BCUT2D eigenvalue weighted by molar-refractivity contribution is -0.412. The average molecular weight is 340 g/mol. The van der Waals surface area contributed by atoms with Gasteiger partial charge in [-0.1, -0.05) is 6.58 Å². The molecule has 0 aromatic rings. The summed E-state index contributed by atoms with van der Waals surface area (Å²) in [6, 6.07) is 0. The summed E-state index contributed by atoms with van der Waals surface area (Å²) in [4.78, 5) is 0. The molecule has 0 heterocycles. The molecule has 0 atom stereocenters. The second-order valence-electron chi connectivity index (χ2n) is 2.39. The highest BCUT2D eigenvalue weighted by atomic mass is 19.4. The van der Waals surface area contributed by atoms with Crippen LogP contribution in [0.5, 0.6) is 0 Å². The Morgan fingerprint density at radius 3 is 1.19 bits per heavy atom. The maximum atomic E-state index is 11.9. The Hall–Kier alpha value is -1.75. The van der Waals surface area contributed by atoms with E-state index in [1.54, 1.807) is 0 Å². The molecule has 0 fully saturated rings. The molecule has 0 aromatic heterocycles. The Morgan fingerprint density at radius 2 is 1.05 bits per heavy atom. The first-order chi connectivity index (χ1) is 9.20. The van der Waals surface area contributed by atoms with Gasteiger partial charge >= 0.3 is 30.4 Å². The van der Waals surface area contributed by atoms with Crippen LogP contribution in [-0.2, 0) is 4.74 Å². The number of hydrogen-bond donors (Lipinski definition) is 0. The molecule has 0 rings (SSSR count).